The maximum Gasteiger partial charge on any atom is 0.147 e. The molecule has 1 atom stereocenters. The molecule has 0 fully saturated rings. The number of rotatable bonds is 4. The fourth-order valence-corrected chi connectivity index (χ4v) is 2.56. The number of hydrogen-bond acceptors (Lipinski definition) is 2. The normalized spacial score (nSPS) is 12.2. The molecule has 0 saturated heterocycles. The lowest BCUT2D eigenvalue weighted by Gasteiger charge is -2.12. The Morgan fingerprint density at radius 3 is 2.40 bits per heavy atom. The summed E-state index contributed by atoms with van der Waals surface area (Å²) in [6, 6.07) is 11.1. The second-order valence-electron chi connectivity index (χ2n) is 4.38. The number of hydrogen-bond donors (Lipinski definition) is 1. The molecule has 0 amide bonds. The van der Waals surface area contributed by atoms with Crippen molar-refractivity contribution in [2.45, 2.75) is 19.4 Å². The van der Waals surface area contributed by atoms with Crippen LogP contribution in [0.5, 0.6) is 11.5 Å². The van der Waals surface area contributed by atoms with E-state index in [0.29, 0.717) is 21.5 Å². The number of nitrogens with two attached hydrogens (primary N) is 1. The molecule has 0 aliphatic carbocycles. The standard InChI is InChI=1S/C15H14BrCl2NO/c1-2-14(19)9-3-5-10(6-4-9)20-15-8-12(17)11(16)7-13(15)18/h3-8,14H,2,19H2,1H3. The minimum atomic E-state index is 0.0507. The monoisotopic (exact) mass is 373 g/mol. The highest BCUT2D eigenvalue weighted by Crippen LogP contribution is 2.36. The van der Waals surface area contributed by atoms with E-state index in [1.165, 1.54) is 0 Å². The van der Waals surface area contributed by atoms with Crippen LogP contribution in [0.3, 0.4) is 0 Å². The van der Waals surface area contributed by atoms with E-state index in [0.717, 1.165) is 16.5 Å². The zero-order valence-electron chi connectivity index (χ0n) is 10.9. The van der Waals surface area contributed by atoms with Crippen molar-refractivity contribution in [1.82, 2.24) is 0 Å². The Morgan fingerprint density at radius 1 is 1.15 bits per heavy atom. The molecule has 0 heterocycles. The Bertz CT molecular complexity index is 602. The predicted octanol–water partition coefficient (Wildman–Crippen LogP) is 5.96. The van der Waals surface area contributed by atoms with Crippen molar-refractivity contribution < 1.29 is 4.74 Å². The van der Waals surface area contributed by atoms with Gasteiger partial charge in [-0.25, -0.2) is 0 Å². The summed E-state index contributed by atoms with van der Waals surface area (Å²) in [5, 5.41) is 1.05. The van der Waals surface area contributed by atoms with Crippen LogP contribution < -0.4 is 10.5 Å². The molecule has 5 heteroatoms. The van der Waals surface area contributed by atoms with Crippen molar-refractivity contribution in [3.05, 3.63) is 56.5 Å². The molecule has 106 valence electrons. The lowest BCUT2D eigenvalue weighted by molar-refractivity contribution is 0.482. The zero-order valence-corrected chi connectivity index (χ0v) is 14.0. The third-order valence-corrected chi connectivity index (χ3v) is 4.44. The van der Waals surface area contributed by atoms with Gasteiger partial charge in [0.15, 0.2) is 0 Å². The van der Waals surface area contributed by atoms with Crippen LogP contribution in [-0.2, 0) is 0 Å². The van der Waals surface area contributed by atoms with E-state index in [1.54, 1.807) is 12.1 Å². The van der Waals surface area contributed by atoms with E-state index >= 15 is 0 Å². The molecule has 20 heavy (non-hydrogen) atoms. The SMILES string of the molecule is CCC(N)c1ccc(Oc2cc(Cl)c(Br)cc2Cl)cc1. The number of ether oxygens (including phenoxy) is 1. The highest BCUT2D eigenvalue weighted by molar-refractivity contribution is 9.10. The Kier molecular flexibility index (Phi) is 5.33. The van der Waals surface area contributed by atoms with Crippen LogP contribution in [-0.4, -0.2) is 0 Å². The third-order valence-electron chi connectivity index (χ3n) is 2.95. The summed E-state index contributed by atoms with van der Waals surface area (Å²) in [6.07, 6.45) is 0.897. The summed E-state index contributed by atoms with van der Waals surface area (Å²) >= 11 is 15.5. The second kappa shape index (κ2) is 6.81. The van der Waals surface area contributed by atoms with Crippen LogP contribution in [0.15, 0.2) is 40.9 Å². The molecule has 0 radical (unpaired) electrons. The first kappa shape index (κ1) is 15.6. The van der Waals surface area contributed by atoms with Crippen molar-refractivity contribution in [3.63, 3.8) is 0 Å². The van der Waals surface area contributed by atoms with E-state index in [4.69, 9.17) is 33.7 Å². The summed E-state index contributed by atoms with van der Waals surface area (Å²) in [7, 11) is 0. The zero-order chi connectivity index (χ0) is 14.7. The van der Waals surface area contributed by atoms with Crippen LogP contribution in [0, 0.1) is 0 Å². The third kappa shape index (κ3) is 3.67. The first-order valence-corrected chi connectivity index (χ1v) is 7.74. The first-order valence-electron chi connectivity index (χ1n) is 6.19. The Labute approximate surface area is 137 Å². The van der Waals surface area contributed by atoms with Gasteiger partial charge < -0.3 is 10.5 Å². The molecule has 2 aromatic carbocycles. The van der Waals surface area contributed by atoms with Crippen molar-refractivity contribution in [1.29, 1.82) is 0 Å². The number of benzene rings is 2. The minimum absolute atomic E-state index is 0.0507. The van der Waals surface area contributed by atoms with Gasteiger partial charge in [-0.3, -0.25) is 0 Å². The molecular weight excluding hydrogens is 361 g/mol. The molecule has 0 aliphatic rings. The van der Waals surface area contributed by atoms with E-state index in [9.17, 15) is 0 Å². The van der Waals surface area contributed by atoms with Gasteiger partial charge in [0.2, 0.25) is 0 Å². The van der Waals surface area contributed by atoms with E-state index in [2.05, 4.69) is 22.9 Å². The molecule has 2 nitrogen and oxygen atoms in total. The van der Waals surface area contributed by atoms with Gasteiger partial charge >= 0.3 is 0 Å². The maximum absolute atomic E-state index is 6.12. The molecule has 2 N–H and O–H groups in total. The molecule has 0 saturated carbocycles. The Balaban J connectivity index is 2.20. The van der Waals surface area contributed by atoms with E-state index < -0.39 is 0 Å². The van der Waals surface area contributed by atoms with Crippen LogP contribution in [0.1, 0.15) is 24.9 Å². The van der Waals surface area contributed by atoms with Gasteiger partial charge in [0.1, 0.15) is 11.5 Å². The lowest BCUT2D eigenvalue weighted by atomic mass is 10.1. The topological polar surface area (TPSA) is 35.2 Å². The van der Waals surface area contributed by atoms with Crippen molar-refractivity contribution in [2.24, 2.45) is 5.73 Å². The van der Waals surface area contributed by atoms with Gasteiger partial charge in [-0.2, -0.15) is 0 Å². The smallest absolute Gasteiger partial charge is 0.147 e. The summed E-state index contributed by atoms with van der Waals surface area (Å²) < 4.78 is 6.47. The van der Waals surface area contributed by atoms with Crippen molar-refractivity contribution in [3.8, 4) is 11.5 Å². The maximum atomic E-state index is 6.12. The lowest BCUT2D eigenvalue weighted by Crippen LogP contribution is -2.08. The van der Waals surface area contributed by atoms with Gasteiger partial charge in [-0.1, -0.05) is 42.3 Å². The molecule has 1 unspecified atom stereocenters. The fraction of sp³-hybridized carbons (Fsp3) is 0.200. The average Bonchev–Trinajstić information content (AvgIpc) is 2.44. The van der Waals surface area contributed by atoms with Crippen molar-refractivity contribution in [2.75, 3.05) is 0 Å². The Morgan fingerprint density at radius 2 is 1.80 bits per heavy atom. The van der Waals surface area contributed by atoms with Crippen LogP contribution in [0.4, 0.5) is 0 Å². The quantitative estimate of drug-likeness (QED) is 0.670. The van der Waals surface area contributed by atoms with Crippen molar-refractivity contribution >= 4 is 39.1 Å². The average molecular weight is 375 g/mol. The highest BCUT2D eigenvalue weighted by atomic mass is 79.9. The molecule has 0 spiro atoms. The second-order valence-corrected chi connectivity index (χ2v) is 6.05. The van der Waals surface area contributed by atoms with Gasteiger partial charge in [-0.15, -0.1) is 0 Å². The van der Waals surface area contributed by atoms with Crippen LogP contribution in [0.2, 0.25) is 10.0 Å². The van der Waals surface area contributed by atoms with E-state index in [-0.39, 0.29) is 6.04 Å². The summed E-state index contributed by atoms with van der Waals surface area (Å²) in [5.74, 6) is 1.21. The van der Waals surface area contributed by atoms with Gasteiger partial charge in [0.25, 0.3) is 0 Å². The fourth-order valence-electron chi connectivity index (χ4n) is 1.73. The Hall–Kier alpha value is -0.740. The van der Waals surface area contributed by atoms with Crippen LogP contribution in [0.25, 0.3) is 0 Å². The van der Waals surface area contributed by atoms with Gasteiger partial charge in [0.05, 0.1) is 10.0 Å². The van der Waals surface area contributed by atoms with E-state index in [1.807, 2.05) is 24.3 Å². The van der Waals surface area contributed by atoms with Gasteiger partial charge in [-0.05, 0) is 46.1 Å². The summed E-state index contributed by atoms with van der Waals surface area (Å²) in [6.45, 7) is 2.05. The molecular formula is C15H14BrCl2NO. The largest absolute Gasteiger partial charge is 0.456 e. The first-order chi connectivity index (χ1) is 9.51. The molecule has 2 aromatic rings. The van der Waals surface area contributed by atoms with Crippen LogP contribution >= 0.6 is 39.1 Å². The molecule has 0 aliphatic heterocycles. The molecule has 0 aromatic heterocycles. The highest BCUT2D eigenvalue weighted by Gasteiger charge is 2.09. The minimum Gasteiger partial charge on any atom is -0.456 e. The molecule has 0 bridgehead atoms. The van der Waals surface area contributed by atoms with Gasteiger partial charge in [0, 0.05) is 16.6 Å². The summed E-state index contributed by atoms with van der Waals surface area (Å²) in [5.41, 5.74) is 7.06. The predicted molar refractivity (Wildman–Crippen MR) is 87.9 cm³/mol. The number of halogens is 3. The molecule has 2 rings (SSSR count). The summed E-state index contributed by atoms with van der Waals surface area (Å²) in [4.78, 5) is 0.